The van der Waals surface area contributed by atoms with Crippen LogP contribution in [-0.4, -0.2) is 52.0 Å². The molecule has 0 radical (unpaired) electrons. The first-order valence-electron chi connectivity index (χ1n) is 8.02. The SMILES string of the molecule is COc1ccc(/C(O)=C2\C(=O)C(=O)N(CCO)C2c2cccnc2)cc1. The van der Waals surface area contributed by atoms with Gasteiger partial charge in [-0.25, -0.2) is 0 Å². The van der Waals surface area contributed by atoms with Gasteiger partial charge in [-0.15, -0.1) is 0 Å². The smallest absolute Gasteiger partial charge is 0.295 e. The minimum absolute atomic E-state index is 0.0243. The van der Waals surface area contributed by atoms with Gasteiger partial charge in [-0.1, -0.05) is 6.07 Å². The second kappa shape index (κ2) is 7.37. The Bertz CT molecular complexity index is 846. The number of benzene rings is 1. The number of carbonyl (C=O) groups excluding carboxylic acids is 2. The molecule has 7 heteroatoms. The van der Waals surface area contributed by atoms with E-state index in [9.17, 15) is 19.8 Å². The number of amides is 1. The molecule has 1 aliphatic rings. The highest BCUT2D eigenvalue weighted by molar-refractivity contribution is 6.46. The Hall–Kier alpha value is -3.19. The second-order valence-corrected chi connectivity index (χ2v) is 5.73. The number of hydrogen-bond donors (Lipinski definition) is 2. The third-order valence-corrected chi connectivity index (χ3v) is 4.24. The van der Waals surface area contributed by atoms with Crippen molar-refractivity contribution in [1.82, 2.24) is 9.88 Å². The molecule has 1 fully saturated rings. The molecule has 0 bridgehead atoms. The first kappa shape index (κ1) is 17.6. The number of β-amino-alcohol motifs (C(OH)–C–C–N with tert-alkyl or cyclic N) is 1. The molecule has 2 heterocycles. The molecule has 1 atom stereocenters. The number of likely N-dealkylation sites (tertiary alicyclic amines) is 1. The zero-order chi connectivity index (χ0) is 18.7. The van der Waals surface area contributed by atoms with E-state index in [-0.39, 0.29) is 24.5 Å². The fraction of sp³-hybridized carbons (Fsp3) is 0.211. The minimum Gasteiger partial charge on any atom is -0.507 e. The number of ketones is 1. The van der Waals surface area contributed by atoms with E-state index in [1.165, 1.54) is 18.2 Å². The number of rotatable bonds is 5. The number of aromatic nitrogens is 1. The summed E-state index contributed by atoms with van der Waals surface area (Å²) in [7, 11) is 1.53. The van der Waals surface area contributed by atoms with Gasteiger partial charge in [0.2, 0.25) is 0 Å². The van der Waals surface area contributed by atoms with Crippen LogP contribution in [0.2, 0.25) is 0 Å². The second-order valence-electron chi connectivity index (χ2n) is 5.73. The molecule has 7 nitrogen and oxygen atoms in total. The number of aliphatic hydroxyl groups is 2. The van der Waals surface area contributed by atoms with Gasteiger partial charge in [0, 0.05) is 24.5 Å². The first-order valence-corrected chi connectivity index (χ1v) is 8.02. The van der Waals surface area contributed by atoms with E-state index in [2.05, 4.69) is 4.98 Å². The van der Waals surface area contributed by atoms with Crippen LogP contribution in [0.15, 0.2) is 54.4 Å². The fourth-order valence-corrected chi connectivity index (χ4v) is 3.01. The molecule has 0 saturated carbocycles. The third kappa shape index (κ3) is 3.04. The zero-order valence-electron chi connectivity index (χ0n) is 14.1. The Morgan fingerprint density at radius 2 is 1.96 bits per heavy atom. The molecule has 1 aromatic carbocycles. The summed E-state index contributed by atoms with van der Waals surface area (Å²) in [6, 6.07) is 9.10. The van der Waals surface area contributed by atoms with Crippen LogP contribution < -0.4 is 4.74 Å². The van der Waals surface area contributed by atoms with Crippen LogP contribution in [0.1, 0.15) is 17.2 Å². The highest BCUT2D eigenvalue weighted by Crippen LogP contribution is 2.38. The molecule has 3 rings (SSSR count). The number of methoxy groups -OCH3 is 1. The van der Waals surface area contributed by atoms with E-state index in [0.29, 0.717) is 16.9 Å². The van der Waals surface area contributed by atoms with Crippen LogP contribution in [0.4, 0.5) is 0 Å². The van der Waals surface area contributed by atoms with Crippen LogP contribution in [0.5, 0.6) is 5.75 Å². The van der Waals surface area contributed by atoms with E-state index < -0.39 is 17.7 Å². The molecule has 1 saturated heterocycles. The molecule has 2 N–H and O–H groups in total. The van der Waals surface area contributed by atoms with E-state index in [0.717, 1.165) is 0 Å². The van der Waals surface area contributed by atoms with Gasteiger partial charge >= 0.3 is 0 Å². The Balaban J connectivity index is 2.14. The van der Waals surface area contributed by atoms with Crippen molar-refractivity contribution in [3.63, 3.8) is 0 Å². The van der Waals surface area contributed by atoms with Crippen molar-refractivity contribution in [1.29, 1.82) is 0 Å². The summed E-state index contributed by atoms with van der Waals surface area (Å²) in [6.45, 7) is -0.324. The monoisotopic (exact) mass is 354 g/mol. The molecule has 134 valence electrons. The van der Waals surface area contributed by atoms with Crippen LogP contribution in [0.3, 0.4) is 0 Å². The first-order chi connectivity index (χ1) is 12.6. The zero-order valence-corrected chi connectivity index (χ0v) is 14.1. The molecule has 1 unspecified atom stereocenters. The molecule has 2 aromatic rings. The maximum Gasteiger partial charge on any atom is 0.295 e. The van der Waals surface area contributed by atoms with E-state index in [1.807, 2.05) is 0 Å². The van der Waals surface area contributed by atoms with Gasteiger partial charge < -0.3 is 19.8 Å². The summed E-state index contributed by atoms with van der Waals surface area (Å²) in [4.78, 5) is 30.3. The Morgan fingerprint density at radius 1 is 1.23 bits per heavy atom. The van der Waals surface area contributed by atoms with Gasteiger partial charge in [-0.05, 0) is 35.9 Å². The number of Topliss-reactive ketones (excluding diaryl/α,β-unsaturated/α-hetero) is 1. The lowest BCUT2D eigenvalue weighted by Crippen LogP contribution is -2.32. The number of carbonyl (C=O) groups is 2. The Kier molecular flexibility index (Phi) is 4.99. The maximum atomic E-state index is 12.6. The lowest BCUT2D eigenvalue weighted by atomic mass is 9.96. The maximum absolute atomic E-state index is 12.6. The lowest BCUT2D eigenvalue weighted by molar-refractivity contribution is -0.140. The van der Waals surface area contributed by atoms with Crippen LogP contribution in [0.25, 0.3) is 5.76 Å². The van der Waals surface area contributed by atoms with Gasteiger partial charge in [0.1, 0.15) is 11.5 Å². The van der Waals surface area contributed by atoms with Crippen molar-refractivity contribution in [3.05, 3.63) is 65.5 Å². The average molecular weight is 354 g/mol. The third-order valence-electron chi connectivity index (χ3n) is 4.24. The standard InChI is InChI=1S/C19H18N2O5/c1-26-14-6-4-12(5-7-14)17(23)15-16(13-3-2-8-20-11-13)21(9-10-22)19(25)18(15)24/h2-8,11,16,22-23H,9-10H2,1H3/b17-15+. The highest BCUT2D eigenvalue weighted by Gasteiger charge is 2.45. The summed E-state index contributed by atoms with van der Waals surface area (Å²) in [5.41, 5.74) is 0.943. The summed E-state index contributed by atoms with van der Waals surface area (Å²) >= 11 is 0. The van der Waals surface area contributed by atoms with E-state index in [1.54, 1.807) is 42.6 Å². The lowest BCUT2D eigenvalue weighted by Gasteiger charge is -2.24. The molecule has 0 spiro atoms. The van der Waals surface area contributed by atoms with E-state index >= 15 is 0 Å². The molecule has 1 aromatic heterocycles. The normalized spacial score (nSPS) is 19.0. The molecule has 0 aliphatic carbocycles. The fourth-order valence-electron chi connectivity index (χ4n) is 3.01. The van der Waals surface area contributed by atoms with Crippen molar-refractivity contribution in [2.75, 3.05) is 20.3 Å². The van der Waals surface area contributed by atoms with Gasteiger partial charge in [0.25, 0.3) is 11.7 Å². The average Bonchev–Trinajstić information content (AvgIpc) is 2.93. The molecule has 1 aliphatic heterocycles. The van der Waals surface area contributed by atoms with Crippen LogP contribution in [-0.2, 0) is 9.59 Å². The van der Waals surface area contributed by atoms with Crippen molar-refractivity contribution < 1.29 is 24.5 Å². The minimum atomic E-state index is -0.807. The predicted molar refractivity (Wildman–Crippen MR) is 93.3 cm³/mol. The summed E-state index contributed by atoms with van der Waals surface area (Å²) < 4.78 is 5.09. The number of nitrogens with zero attached hydrogens (tertiary/aromatic N) is 2. The summed E-state index contributed by atoms with van der Waals surface area (Å²) in [5.74, 6) is -1.23. The van der Waals surface area contributed by atoms with Crippen molar-refractivity contribution in [2.45, 2.75) is 6.04 Å². The molecular formula is C19H18N2O5. The van der Waals surface area contributed by atoms with Crippen molar-refractivity contribution in [3.8, 4) is 5.75 Å². The van der Waals surface area contributed by atoms with Crippen LogP contribution >= 0.6 is 0 Å². The number of ether oxygens (including phenoxy) is 1. The van der Waals surface area contributed by atoms with Crippen molar-refractivity contribution in [2.24, 2.45) is 0 Å². The van der Waals surface area contributed by atoms with Gasteiger partial charge in [0.05, 0.1) is 25.3 Å². The number of pyridine rings is 1. The molecule has 26 heavy (non-hydrogen) atoms. The largest absolute Gasteiger partial charge is 0.507 e. The predicted octanol–water partition coefficient (Wildman–Crippen LogP) is 1.50. The Labute approximate surface area is 150 Å². The quantitative estimate of drug-likeness (QED) is 0.480. The topological polar surface area (TPSA) is 100.0 Å². The van der Waals surface area contributed by atoms with Gasteiger partial charge in [-0.2, -0.15) is 0 Å². The van der Waals surface area contributed by atoms with E-state index in [4.69, 9.17) is 4.74 Å². The Morgan fingerprint density at radius 3 is 2.54 bits per heavy atom. The van der Waals surface area contributed by atoms with Gasteiger partial charge in [0.15, 0.2) is 0 Å². The number of hydrogen-bond acceptors (Lipinski definition) is 6. The van der Waals surface area contributed by atoms with Crippen molar-refractivity contribution >= 4 is 17.4 Å². The molecule has 1 amide bonds. The van der Waals surface area contributed by atoms with Crippen LogP contribution in [0, 0.1) is 0 Å². The number of aliphatic hydroxyl groups excluding tert-OH is 2. The summed E-state index contributed by atoms with van der Waals surface area (Å²) in [5, 5.41) is 20.0. The van der Waals surface area contributed by atoms with Gasteiger partial charge in [-0.3, -0.25) is 14.6 Å². The summed E-state index contributed by atoms with van der Waals surface area (Å²) in [6.07, 6.45) is 3.10. The highest BCUT2D eigenvalue weighted by atomic mass is 16.5. The molecular weight excluding hydrogens is 336 g/mol.